The molecule has 1 heterocycles. The van der Waals surface area contributed by atoms with Gasteiger partial charge in [-0.1, -0.05) is 0 Å². The number of hydrogen-bond acceptors (Lipinski definition) is 4. The molecule has 1 aromatic heterocycles. The monoisotopic (exact) mass is 195 g/mol. The van der Waals surface area contributed by atoms with Crippen LogP contribution in [0.2, 0.25) is 0 Å². The number of aryl methyl sites for hydroxylation is 1. The molecule has 0 aliphatic heterocycles. The van der Waals surface area contributed by atoms with E-state index in [4.69, 9.17) is 13.0 Å². The maximum Gasteiger partial charge on any atom is 0.335 e. The van der Waals surface area contributed by atoms with Crippen molar-refractivity contribution in [3.8, 4) is 0 Å². The molecule has 6 nitrogen and oxygen atoms in total. The smallest absolute Gasteiger partial charge is 0.335 e. The molecule has 0 saturated heterocycles. The molecule has 7 heteroatoms. The third kappa shape index (κ3) is 1.93. The van der Waals surface area contributed by atoms with E-state index in [1.54, 1.807) is 13.8 Å². The van der Waals surface area contributed by atoms with E-state index in [1.165, 1.54) is 4.57 Å². The number of aliphatic hydroxyl groups is 1. The maximum atomic E-state index is 10.6. The van der Waals surface area contributed by atoms with E-state index in [-0.39, 0.29) is 18.0 Å². The average Bonchev–Trinajstić information content (AvgIpc) is 2.25. The van der Waals surface area contributed by atoms with Crippen molar-refractivity contribution in [2.75, 3.05) is 0 Å². The molecule has 1 unspecified atom stereocenters. The molecular weight excluding hydrogens is 185 g/mol. The summed E-state index contributed by atoms with van der Waals surface area (Å²) < 4.78 is 1.29. The number of rotatable bonds is 3. The number of hydrogen-bond donors (Lipinski definition) is 1. The zero-order valence-corrected chi connectivity index (χ0v) is 7.97. The first kappa shape index (κ1) is 10.7. The first-order valence-corrected chi connectivity index (χ1v) is 4.08. The molecule has 0 amide bonds. The van der Waals surface area contributed by atoms with Gasteiger partial charge in [0.1, 0.15) is 6.54 Å². The predicted molar refractivity (Wildman–Crippen MR) is 50.7 cm³/mol. The summed E-state index contributed by atoms with van der Waals surface area (Å²) in [6.07, 6.45) is -0.680. The molecule has 2 radical (unpaired) electrons. The van der Waals surface area contributed by atoms with E-state index in [2.05, 4.69) is 4.98 Å². The van der Waals surface area contributed by atoms with Gasteiger partial charge in [-0.05, 0) is 11.8 Å². The second-order valence-corrected chi connectivity index (χ2v) is 3.08. The van der Waals surface area contributed by atoms with Gasteiger partial charge >= 0.3 is 5.82 Å². The summed E-state index contributed by atoms with van der Waals surface area (Å²) in [6.45, 7) is 3.26. The van der Waals surface area contributed by atoms with Crippen LogP contribution < -0.4 is 5.59 Å². The third-order valence-electron chi connectivity index (χ3n) is 1.78. The van der Waals surface area contributed by atoms with Crippen LogP contribution in [0.4, 0.5) is 5.82 Å². The lowest BCUT2D eigenvalue weighted by Crippen LogP contribution is -2.17. The largest absolute Gasteiger partial charge is 0.389 e. The van der Waals surface area contributed by atoms with Crippen LogP contribution in [0.5, 0.6) is 0 Å². The minimum Gasteiger partial charge on any atom is -0.389 e. The summed E-state index contributed by atoms with van der Waals surface area (Å²) >= 11 is 0. The van der Waals surface area contributed by atoms with Gasteiger partial charge in [-0.15, -0.1) is 0 Å². The first-order valence-electron chi connectivity index (χ1n) is 4.08. The fourth-order valence-corrected chi connectivity index (χ4v) is 1.25. The highest BCUT2D eigenvalue weighted by Crippen LogP contribution is 2.11. The second kappa shape index (κ2) is 3.79. The summed E-state index contributed by atoms with van der Waals surface area (Å²) in [5.74, 6) is 0.165. The van der Waals surface area contributed by atoms with E-state index in [9.17, 15) is 10.1 Å². The van der Waals surface area contributed by atoms with Gasteiger partial charge in [0.25, 0.3) is 0 Å². The highest BCUT2D eigenvalue weighted by Gasteiger charge is 2.22. The van der Waals surface area contributed by atoms with Crippen LogP contribution in [0.25, 0.3) is 0 Å². The Morgan fingerprint density at radius 3 is 2.79 bits per heavy atom. The lowest BCUT2D eigenvalue weighted by molar-refractivity contribution is -0.391. The van der Waals surface area contributed by atoms with Crippen LogP contribution in [-0.4, -0.2) is 33.5 Å². The Morgan fingerprint density at radius 2 is 2.36 bits per heavy atom. The first-order chi connectivity index (χ1) is 6.43. The van der Waals surface area contributed by atoms with E-state index < -0.39 is 11.0 Å². The van der Waals surface area contributed by atoms with Crippen molar-refractivity contribution in [3.05, 3.63) is 15.9 Å². The quantitative estimate of drug-likeness (QED) is 0.391. The molecular formula is C7H10BN3O3. The van der Waals surface area contributed by atoms with Crippen molar-refractivity contribution in [1.82, 2.24) is 9.55 Å². The average molecular weight is 195 g/mol. The summed E-state index contributed by atoms with van der Waals surface area (Å²) in [5, 5.41) is 19.8. The molecule has 0 aliphatic rings. The van der Waals surface area contributed by atoms with E-state index >= 15 is 0 Å². The normalized spacial score (nSPS) is 12.8. The molecule has 0 aromatic carbocycles. The van der Waals surface area contributed by atoms with Crippen molar-refractivity contribution in [1.29, 1.82) is 0 Å². The van der Waals surface area contributed by atoms with Crippen LogP contribution in [0.3, 0.4) is 0 Å². The fraction of sp³-hybridized carbons (Fsp3) is 0.571. The third-order valence-corrected chi connectivity index (χ3v) is 1.78. The van der Waals surface area contributed by atoms with Gasteiger partial charge in [0.05, 0.1) is 11.7 Å². The van der Waals surface area contributed by atoms with E-state index in [1.807, 2.05) is 0 Å². The van der Waals surface area contributed by atoms with E-state index in [0.717, 1.165) is 0 Å². The van der Waals surface area contributed by atoms with Crippen molar-refractivity contribution in [2.24, 2.45) is 0 Å². The number of aliphatic hydroxyl groups excluding tert-OH is 1. The van der Waals surface area contributed by atoms with Gasteiger partial charge in [-0.2, -0.15) is 0 Å². The predicted octanol–water partition coefficient (Wildman–Crippen LogP) is -0.726. The zero-order valence-electron chi connectivity index (χ0n) is 7.97. The highest BCUT2D eigenvalue weighted by atomic mass is 16.6. The van der Waals surface area contributed by atoms with Crippen LogP contribution in [0, 0.1) is 17.0 Å². The SMILES string of the molecule is [B]c1nc(C)n(CC(C)O)c1[N+](=O)[O-]. The number of nitro groups is 1. The highest BCUT2D eigenvalue weighted by molar-refractivity contribution is 6.33. The zero-order chi connectivity index (χ0) is 10.9. The molecule has 0 saturated carbocycles. The molecule has 1 N–H and O–H groups in total. The molecule has 0 aliphatic carbocycles. The molecule has 1 rings (SSSR count). The van der Waals surface area contributed by atoms with Gasteiger partial charge < -0.3 is 15.2 Å². The van der Waals surface area contributed by atoms with Gasteiger partial charge in [0, 0.05) is 6.92 Å². The Morgan fingerprint density at radius 1 is 1.79 bits per heavy atom. The van der Waals surface area contributed by atoms with Crippen LogP contribution >= 0.6 is 0 Å². The topological polar surface area (TPSA) is 81.2 Å². The Labute approximate surface area is 82.1 Å². The molecule has 1 atom stereocenters. The summed E-state index contributed by atoms with van der Waals surface area (Å²) in [6, 6.07) is 0. The molecule has 0 spiro atoms. The van der Waals surface area contributed by atoms with E-state index in [0.29, 0.717) is 5.82 Å². The van der Waals surface area contributed by atoms with Crippen molar-refractivity contribution in [3.63, 3.8) is 0 Å². The van der Waals surface area contributed by atoms with Gasteiger partial charge in [-0.25, -0.2) is 9.55 Å². The number of aromatic nitrogens is 2. The van der Waals surface area contributed by atoms with Crippen molar-refractivity contribution >= 4 is 19.3 Å². The lowest BCUT2D eigenvalue weighted by Gasteiger charge is -2.04. The number of nitrogens with zero attached hydrogens (tertiary/aromatic N) is 3. The summed E-state index contributed by atoms with van der Waals surface area (Å²) in [4.78, 5) is 13.8. The van der Waals surface area contributed by atoms with Crippen molar-refractivity contribution in [2.45, 2.75) is 26.5 Å². The molecule has 14 heavy (non-hydrogen) atoms. The summed E-state index contributed by atoms with van der Waals surface area (Å²) in [7, 11) is 5.36. The standard InChI is InChI=1S/C7H10BN3O3/c1-4(12)3-10-5(2)9-6(8)7(10)11(13)14/h4,12H,3H2,1-2H3. The Bertz CT molecular complexity index is 361. The minimum absolute atomic E-state index is 0.117. The Kier molecular flexibility index (Phi) is 2.90. The summed E-state index contributed by atoms with van der Waals surface area (Å²) in [5.41, 5.74) is -0.117. The maximum absolute atomic E-state index is 10.6. The molecule has 0 bridgehead atoms. The molecule has 74 valence electrons. The van der Waals surface area contributed by atoms with Gasteiger partial charge in [0.2, 0.25) is 0 Å². The Hall–Kier alpha value is -1.37. The molecule has 1 aromatic rings. The fourth-order valence-electron chi connectivity index (χ4n) is 1.25. The van der Waals surface area contributed by atoms with Crippen LogP contribution in [0.15, 0.2) is 0 Å². The van der Waals surface area contributed by atoms with Crippen molar-refractivity contribution < 1.29 is 10.0 Å². The van der Waals surface area contributed by atoms with Gasteiger partial charge in [-0.3, -0.25) is 0 Å². The minimum atomic E-state index is -0.680. The van der Waals surface area contributed by atoms with Gasteiger partial charge in [0.15, 0.2) is 13.7 Å². The second-order valence-electron chi connectivity index (χ2n) is 3.08. The Balaban J connectivity index is 3.18. The molecule has 0 fully saturated rings. The lowest BCUT2D eigenvalue weighted by atomic mass is 10.1. The van der Waals surface area contributed by atoms with Crippen LogP contribution in [-0.2, 0) is 6.54 Å². The van der Waals surface area contributed by atoms with Crippen LogP contribution in [0.1, 0.15) is 12.7 Å². The number of imidazole rings is 1.